The standard InChI is InChI=1S/C11H17NO2S2.C4H10S/c1-4-15(5-2)12-16(13,14)11-8-6-10(3)7-9-11;1-3-5-4-2/h6-9H,4-5H2,1-3H3;3-4H2,1-2H3. The number of aryl methyl sites for hydroxylation is 1. The maximum atomic E-state index is 11.9. The average molecular weight is 350 g/mol. The lowest BCUT2D eigenvalue weighted by atomic mass is 10.2. The largest absolute Gasteiger partial charge is 0.287 e. The second kappa shape index (κ2) is 11.3. The zero-order valence-corrected chi connectivity index (χ0v) is 16.1. The van der Waals surface area contributed by atoms with Crippen LogP contribution in [0.5, 0.6) is 0 Å². The Hall–Kier alpha value is -0.330. The topological polar surface area (TPSA) is 46.5 Å². The third-order valence-corrected chi connectivity index (χ3v) is 7.24. The molecule has 6 heteroatoms. The second-order valence-electron chi connectivity index (χ2n) is 4.18. The summed E-state index contributed by atoms with van der Waals surface area (Å²) in [5, 5.41) is 0. The van der Waals surface area contributed by atoms with Crippen LogP contribution in [0.25, 0.3) is 0 Å². The normalized spacial score (nSPS) is 11.0. The van der Waals surface area contributed by atoms with Gasteiger partial charge in [0, 0.05) is 11.5 Å². The molecule has 0 aliphatic rings. The predicted octanol–water partition coefficient (Wildman–Crippen LogP) is 4.28. The Morgan fingerprint density at radius 3 is 1.81 bits per heavy atom. The lowest BCUT2D eigenvalue weighted by molar-refractivity contribution is 0.598. The van der Waals surface area contributed by atoms with Crippen molar-refractivity contribution in [1.29, 1.82) is 0 Å². The van der Waals surface area contributed by atoms with Crippen LogP contribution in [0.15, 0.2) is 32.9 Å². The monoisotopic (exact) mass is 349 g/mol. The van der Waals surface area contributed by atoms with Crippen LogP contribution >= 0.6 is 11.8 Å². The molecule has 1 aromatic carbocycles. The quantitative estimate of drug-likeness (QED) is 0.770. The Labute approximate surface area is 137 Å². The van der Waals surface area contributed by atoms with Crippen LogP contribution in [0.4, 0.5) is 0 Å². The first-order valence-electron chi connectivity index (χ1n) is 7.21. The van der Waals surface area contributed by atoms with E-state index in [9.17, 15) is 8.42 Å². The van der Waals surface area contributed by atoms with Crippen LogP contribution in [0.1, 0.15) is 33.3 Å². The van der Waals surface area contributed by atoms with E-state index in [1.54, 1.807) is 24.3 Å². The van der Waals surface area contributed by atoms with Gasteiger partial charge in [-0.25, -0.2) is 0 Å². The summed E-state index contributed by atoms with van der Waals surface area (Å²) in [6.45, 7) is 10.2. The van der Waals surface area contributed by atoms with Crippen LogP contribution in [-0.2, 0) is 20.7 Å². The van der Waals surface area contributed by atoms with Gasteiger partial charge in [-0.05, 0) is 30.6 Å². The van der Waals surface area contributed by atoms with Gasteiger partial charge in [0.2, 0.25) is 0 Å². The lowest BCUT2D eigenvalue weighted by Gasteiger charge is -2.03. The number of hydrogen-bond donors (Lipinski definition) is 0. The van der Waals surface area contributed by atoms with Gasteiger partial charge in [0.05, 0.1) is 4.90 Å². The Bertz CT molecular complexity index is 514. The Kier molecular flexibility index (Phi) is 11.1. The molecule has 1 aromatic rings. The van der Waals surface area contributed by atoms with Gasteiger partial charge in [-0.1, -0.05) is 56.1 Å². The van der Waals surface area contributed by atoms with E-state index >= 15 is 0 Å². The summed E-state index contributed by atoms with van der Waals surface area (Å²) >= 11 is 1.96. The van der Waals surface area contributed by atoms with Gasteiger partial charge in [-0.2, -0.15) is 20.2 Å². The third kappa shape index (κ3) is 8.63. The molecule has 0 spiro atoms. The summed E-state index contributed by atoms with van der Waals surface area (Å²) in [7, 11) is -3.84. The molecular weight excluding hydrogens is 322 g/mol. The first-order valence-corrected chi connectivity index (χ1v) is 11.3. The molecular formula is C15H27NO2S3. The molecule has 0 aromatic heterocycles. The Morgan fingerprint density at radius 2 is 1.48 bits per heavy atom. The smallest absolute Gasteiger partial charge is 0.199 e. The molecule has 0 bridgehead atoms. The van der Waals surface area contributed by atoms with E-state index in [0.29, 0.717) is 0 Å². The van der Waals surface area contributed by atoms with Gasteiger partial charge in [-0.3, -0.25) is 0 Å². The summed E-state index contributed by atoms with van der Waals surface area (Å²) in [5.74, 6) is 4.08. The molecule has 0 unspecified atom stereocenters. The average Bonchev–Trinajstić information content (AvgIpc) is 2.47. The molecule has 21 heavy (non-hydrogen) atoms. The number of hydrogen-bond acceptors (Lipinski definition) is 3. The summed E-state index contributed by atoms with van der Waals surface area (Å²) in [5.41, 5.74) is 1.05. The van der Waals surface area contributed by atoms with E-state index in [1.165, 1.54) is 11.5 Å². The van der Waals surface area contributed by atoms with Crippen molar-refractivity contribution in [2.45, 2.75) is 39.5 Å². The van der Waals surface area contributed by atoms with Crippen LogP contribution in [0, 0.1) is 6.92 Å². The maximum absolute atomic E-state index is 11.9. The summed E-state index contributed by atoms with van der Waals surface area (Å²) in [6.07, 6.45) is 0. The molecule has 122 valence electrons. The molecule has 0 aliphatic heterocycles. The SMILES string of the molecule is CCS(CC)=NS(=O)(=O)c1ccc(C)cc1.CCSCC. The fourth-order valence-corrected chi connectivity index (χ4v) is 5.00. The molecule has 0 aliphatic carbocycles. The highest BCUT2D eigenvalue weighted by Gasteiger charge is 2.12. The molecule has 0 heterocycles. The Balaban J connectivity index is 0.000000690. The van der Waals surface area contributed by atoms with Crippen LogP contribution < -0.4 is 0 Å². The molecule has 0 N–H and O–H groups in total. The van der Waals surface area contributed by atoms with E-state index in [-0.39, 0.29) is 15.6 Å². The molecule has 0 amide bonds. The summed E-state index contributed by atoms with van der Waals surface area (Å²) < 4.78 is 27.8. The minimum absolute atomic E-state index is 0.289. The van der Waals surface area contributed by atoms with Crippen LogP contribution in [0.3, 0.4) is 0 Å². The van der Waals surface area contributed by atoms with Crippen molar-refractivity contribution in [3.63, 3.8) is 0 Å². The minimum atomic E-state index is -3.46. The molecule has 1 rings (SSSR count). The van der Waals surface area contributed by atoms with E-state index in [2.05, 4.69) is 17.6 Å². The first kappa shape index (κ1) is 20.7. The molecule has 0 saturated carbocycles. The summed E-state index contributed by atoms with van der Waals surface area (Å²) in [6, 6.07) is 6.80. The molecule has 0 atom stereocenters. The molecule has 0 saturated heterocycles. The van der Waals surface area contributed by atoms with E-state index in [4.69, 9.17) is 0 Å². The van der Waals surface area contributed by atoms with Gasteiger partial charge < -0.3 is 0 Å². The number of thioether (sulfide) groups is 1. The highest BCUT2D eigenvalue weighted by molar-refractivity contribution is 8.00. The van der Waals surface area contributed by atoms with Crippen molar-refractivity contribution in [1.82, 2.24) is 0 Å². The van der Waals surface area contributed by atoms with Gasteiger partial charge >= 0.3 is 0 Å². The van der Waals surface area contributed by atoms with Crippen molar-refractivity contribution < 1.29 is 8.42 Å². The van der Waals surface area contributed by atoms with Gasteiger partial charge in [-0.15, -0.1) is 3.77 Å². The second-order valence-corrected chi connectivity index (χ2v) is 9.84. The van der Waals surface area contributed by atoms with Crippen molar-refractivity contribution in [2.75, 3.05) is 23.0 Å². The minimum Gasteiger partial charge on any atom is -0.199 e. The lowest BCUT2D eigenvalue weighted by Crippen LogP contribution is -2.03. The predicted molar refractivity (Wildman–Crippen MR) is 97.9 cm³/mol. The number of nitrogens with zero attached hydrogens (tertiary/aromatic N) is 1. The van der Waals surface area contributed by atoms with Crippen molar-refractivity contribution in [2.24, 2.45) is 3.77 Å². The number of sulfonamides is 1. The molecule has 0 radical (unpaired) electrons. The number of rotatable bonds is 6. The van der Waals surface area contributed by atoms with Crippen molar-refractivity contribution in [3.8, 4) is 0 Å². The third-order valence-electron chi connectivity index (χ3n) is 2.60. The highest BCUT2D eigenvalue weighted by Crippen LogP contribution is 2.14. The highest BCUT2D eigenvalue weighted by atomic mass is 32.3. The van der Waals surface area contributed by atoms with Gasteiger partial charge in [0.1, 0.15) is 0 Å². The maximum Gasteiger partial charge on any atom is 0.287 e. The van der Waals surface area contributed by atoms with E-state index < -0.39 is 10.0 Å². The zero-order chi connectivity index (χ0) is 16.3. The van der Waals surface area contributed by atoms with Crippen molar-refractivity contribution >= 4 is 32.5 Å². The molecule has 3 nitrogen and oxygen atoms in total. The fourth-order valence-electron chi connectivity index (χ4n) is 1.41. The fraction of sp³-hybridized carbons (Fsp3) is 0.600. The van der Waals surface area contributed by atoms with Crippen molar-refractivity contribution in [3.05, 3.63) is 29.8 Å². The van der Waals surface area contributed by atoms with E-state index in [0.717, 1.165) is 17.1 Å². The first-order chi connectivity index (χ1) is 9.91. The van der Waals surface area contributed by atoms with E-state index in [1.807, 2.05) is 32.5 Å². The van der Waals surface area contributed by atoms with Gasteiger partial charge in [0.15, 0.2) is 0 Å². The Morgan fingerprint density at radius 1 is 1.00 bits per heavy atom. The van der Waals surface area contributed by atoms with Crippen LogP contribution in [-0.4, -0.2) is 31.4 Å². The molecule has 0 fully saturated rings. The van der Waals surface area contributed by atoms with Gasteiger partial charge in [0.25, 0.3) is 10.0 Å². The number of benzene rings is 1. The summed E-state index contributed by atoms with van der Waals surface area (Å²) in [4.78, 5) is 0.289. The zero-order valence-electron chi connectivity index (χ0n) is 13.6. The van der Waals surface area contributed by atoms with Crippen LogP contribution in [0.2, 0.25) is 0 Å².